The van der Waals surface area contributed by atoms with E-state index in [1.165, 1.54) is 0 Å². The maximum absolute atomic E-state index is 12.2. The third kappa shape index (κ3) is 3.82. The predicted molar refractivity (Wildman–Crippen MR) is 80.9 cm³/mol. The Kier molecular flexibility index (Phi) is 5.33. The lowest BCUT2D eigenvalue weighted by Crippen LogP contribution is -2.24. The van der Waals surface area contributed by atoms with Crippen molar-refractivity contribution in [1.82, 2.24) is 5.32 Å². The average molecular weight is 306 g/mol. The number of nitrogens with one attached hydrogen (secondary N) is 1. The van der Waals surface area contributed by atoms with Gasteiger partial charge >= 0.3 is 0 Å². The number of rotatable bonds is 5. The Bertz CT molecular complexity index is 643. The molecule has 0 saturated carbocycles. The van der Waals surface area contributed by atoms with E-state index in [4.69, 9.17) is 16.7 Å². The summed E-state index contributed by atoms with van der Waals surface area (Å²) in [6.45, 7) is -0.0810. The van der Waals surface area contributed by atoms with Crippen molar-refractivity contribution in [1.29, 1.82) is 0 Å². The van der Waals surface area contributed by atoms with Gasteiger partial charge < -0.3 is 15.5 Å². The van der Waals surface area contributed by atoms with Gasteiger partial charge in [0.15, 0.2) is 0 Å². The highest BCUT2D eigenvalue weighted by atomic mass is 35.5. The van der Waals surface area contributed by atoms with Gasteiger partial charge in [0.05, 0.1) is 13.2 Å². The van der Waals surface area contributed by atoms with Crippen LogP contribution in [-0.2, 0) is 19.8 Å². The number of carbonyl (C=O) groups is 1. The van der Waals surface area contributed by atoms with Crippen molar-refractivity contribution in [3.8, 4) is 0 Å². The standard InChI is InChI=1S/C16H16ClNO3/c17-15-4-2-1-3-12(15)8-18-16(21)14-6-5-11(9-19)7-13(14)10-20/h1-7,19-20H,8-10H2,(H,18,21). The number of amides is 1. The highest BCUT2D eigenvalue weighted by Crippen LogP contribution is 2.16. The lowest BCUT2D eigenvalue weighted by molar-refractivity contribution is 0.0947. The van der Waals surface area contributed by atoms with Gasteiger partial charge in [0.2, 0.25) is 0 Å². The summed E-state index contributed by atoms with van der Waals surface area (Å²) in [5, 5.41) is 21.8. The molecule has 0 unspecified atom stereocenters. The SMILES string of the molecule is O=C(NCc1ccccc1Cl)c1ccc(CO)cc1CO. The molecule has 0 aliphatic heterocycles. The minimum Gasteiger partial charge on any atom is -0.392 e. The number of benzene rings is 2. The van der Waals surface area contributed by atoms with Gasteiger partial charge in [0, 0.05) is 17.1 Å². The summed E-state index contributed by atoms with van der Waals surface area (Å²) in [6, 6.07) is 12.1. The summed E-state index contributed by atoms with van der Waals surface area (Å²) < 4.78 is 0. The molecule has 0 radical (unpaired) electrons. The van der Waals surface area contributed by atoms with Gasteiger partial charge in [-0.2, -0.15) is 0 Å². The zero-order chi connectivity index (χ0) is 15.2. The maximum Gasteiger partial charge on any atom is 0.251 e. The van der Waals surface area contributed by atoms with Crippen LogP contribution in [-0.4, -0.2) is 16.1 Å². The van der Waals surface area contributed by atoms with Crippen molar-refractivity contribution < 1.29 is 15.0 Å². The van der Waals surface area contributed by atoms with Crippen molar-refractivity contribution in [2.45, 2.75) is 19.8 Å². The molecule has 0 aliphatic carbocycles. The number of hydrogen-bond donors (Lipinski definition) is 3. The van der Waals surface area contributed by atoms with Crippen LogP contribution in [0.25, 0.3) is 0 Å². The summed E-state index contributed by atoms with van der Waals surface area (Å²) in [4.78, 5) is 12.2. The highest BCUT2D eigenvalue weighted by Gasteiger charge is 2.12. The fourth-order valence-electron chi connectivity index (χ4n) is 2.01. The van der Waals surface area contributed by atoms with Crippen molar-refractivity contribution in [2.75, 3.05) is 0 Å². The summed E-state index contributed by atoms with van der Waals surface area (Å²) in [6.07, 6.45) is 0. The Hall–Kier alpha value is -1.88. The summed E-state index contributed by atoms with van der Waals surface area (Å²) in [7, 11) is 0. The van der Waals surface area contributed by atoms with Crippen LogP contribution in [0.2, 0.25) is 5.02 Å². The Morgan fingerprint density at radius 2 is 1.81 bits per heavy atom. The molecule has 21 heavy (non-hydrogen) atoms. The fraction of sp³-hybridized carbons (Fsp3) is 0.188. The van der Waals surface area contributed by atoms with Crippen LogP contribution in [0.15, 0.2) is 42.5 Å². The van der Waals surface area contributed by atoms with E-state index in [0.29, 0.717) is 28.3 Å². The molecule has 1 amide bonds. The van der Waals surface area contributed by atoms with Crippen molar-refractivity contribution in [3.63, 3.8) is 0 Å². The molecule has 0 aliphatic rings. The third-order valence-corrected chi connectivity index (χ3v) is 3.53. The van der Waals surface area contributed by atoms with Gasteiger partial charge in [-0.3, -0.25) is 4.79 Å². The first kappa shape index (κ1) is 15.5. The largest absolute Gasteiger partial charge is 0.392 e. The first-order valence-electron chi connectivity index (χ1n) is 6.51. The van der Waals surface area contributed by atoms with Gasteiger partial charge in [-0.05, 0) is 28.8 Å². The van der Waals surface area contributed by atoms with E-state index in [9.17, 15) is 9.90 Å². The molecule has 0 saturated heterocycles. The first-order valence-corrected chi connectivity index (χ1v) is 6.88. The Morgan fingerprint density at radius 3 is 2.48 bits per heavy atom. The quantitative estimate of drug-likeness (QED) is 0.793. The molecule has 0 spiro atoms. The third-order valence-electron chi connectivity index (χ3n) is 3.16. The molecule has 110 valence electrons. The second-order valence-electron chi connectivity index (χ2n) is 4.58. The Balaban J connectivity index is 2.12. The minimum atomic E-state index is -0.288. The molecule has 0 bridgehead atoms. The summed E-state index contributed by atoms with van der Waals surface area (Å²) >= 11 is 6.03. The zero-order valence-electron chi connectivity index (χ0n) is 11.3. The van der Waals surface area contributed by atoms with Gasteiger partial charge in [-0.15, -0.1) is 0 Å². The van der Waals surface area contributed by atoms with Crippen LogP contribution in [0.4, 0.5) is 0 Å². The van der Waals surface area contributed by atoms with Crippen LogP contribution >= 0.6 is 11.6 Å². The van der Waals surface area contributed by atoms with Gasteiger partial charge in [0.1, 0.15) is 0 Å². The topological polar surface area (TPSA) is 69.6 Å². The number of hydrogen-bond acceptors (Lipinski definition) is 3. The summed E-state index contributed by atoms with van der Waals surface area (Å²) in [5.41, 5.74) is 2.35. The molecular formula is C16H16ClNO3. The van der Waals surface area contributed by atoms with E-state index in [2.05, 4.69) is 5.32 Å². The monoisotopic (exact) mass is 305 g/mol. The smallest absolute Gasteiger partial charge is 0.251 e. The van der Waals surface area contributed by atoms with Crippen LogP contribution in [0.1, 0.15) is 27.0 Å². The van der Waals surface area contributed by atoms with Crippen LogP contribution in [0, 0.1) is 0 Å². The van der Waals surface area contributed by atoms with E-state index in [0.717, 1.165) is 5.56 Å². The molecule has 5 heteroatoms. The number of halogens is 1. The predicted octanol–water partition coefficient (Wildman–Crippen LogP) is 2.25. The molecule has 2 aromatic carbocycles. The molecule has 0 aromatic heterocycles. The second-order valence-corrected chi connectivity index (χ2v) is 4.99. The molecule has 0 atom stereocenters. The van der Waals surface area contributed by atoms with Gasteiger partial charge in [-0.25, -0.2) is 0 Å². The minimum absolute atomic E-state index is 0.130. The van der Waals surface area contributed by atoms with E-state index in [1.807, 2.05) is 18.2 Å². The van der Waals surface area contributed by atoms with E-state index in [-0.39, 0.29) is 19.1 Å². The lowest BCUT2D eigenvalue weighted by atomic mass is 10.0. The molecular weight excluding hydrogens is 290 g/mol. The van der Waals surface area contributed by atoms with Crippen molar-refractivity contribution in [2.24, 2.45) is 0 Å². The Labute approximate surface area is 128 Å². The molecule has 4 nitrogen and oxygen atoms in total. The summed E-state index contributed by atoms with van der Waals surface area (Å²) in [5.74, 6) is -0.288. The normalized spacial score (nSPS) is 10.4. The molecule has 2 aromatic rings. The van der Waals surface area contributed by atoms with E-state index < -0.39 is 0 Å². The molecule has 0 heterocycles. The second kappa shape index (κ2) is 7.22. The maximum atomic E-state index is 12.2. The van der Waals surface area contributed by atoms with Gasteiger partial charge in [0.25, 0.3) is 5.91 Å². The number of aliphatic hydroxyl groups excluding tert-OH is 2. The number of carbonyl (C=O) groups excluding carboxylic acids is 1. The number of aliphatic hydroxyl groups is 2. The van der Waals surface area contributed by atoms with E-state index >= 15 is 0 Å². The molecule has 0 fully saturated rings. The molecule has 2 rings (SSSR count). The fourth-order valence-corrected chi connectivity index (χ4v) is 2.21. The lowest BCUT2D eigenvalue weighted by Gasteiger charge is -2.11. The van der Waals surface area contributed by atoms with Gasteiger partial charge in [-0.1, -0.05) is 41.9 Å². The highest BCUT2D eigenvalue weighted by molar-refractivity contribution is 6.31. The van der Waals surface area contributed by atoms with Crippen molar-refractivity contribution >= 4 is 17.5 Å². The molecule has 3 N–H and O–H groups in total. The Morgan fingerprint density at radius 1 is 1.05 bits per heavy atom. The zero-order valence-corrected chi connectivity index (χ0v) is 12.1. The van der Waals surface area contributed by atoms with Crippen molar-refractivity contribution in [3.05, 3.63) is 69.7 Å². The first-order chi connectivity index (χ1) is 10.2. The van der Waals surface area contributed by atoms with Crippen LogP contribution in [0.3, 0.4) is 0 Å². The average Bonchev–Trinajstić information content (AvgIpc) is 2.53. The van der Waals surface area contributed by atoms with Crippen LogP contribution in [0.5, 0.6) is 0 Å². The van der Waals surface area contributed by atoms with Crippen LogP contribution < -0.4 is 5.32 Å². The van der Waals surface area contributed by atoms with E-state index in [1.54, 1.807) is 24.3 Å².